The Bertz CT molecular complexity index is 335. The number of hydrogen-bond donors (Lipinski definition) is 2. The molecule has 14 heavy (non-hydrogen) atoms. The second-order valence-electron chi connectivity index (χ2n) is 4.12. The number of rotatable bonds is 2. The van der Waals surface area contributed by atoms with E-state index in [9.17, 15) is 5.11 Å². The van der Waals surface area contributed by atoms with E-state index in [2.05, 4.69) is 15.5 Å². The Morgan fingerprint density at radius 2 is 2.29 bits per heavy atom. The standard InChI is InChI=1S/C9H13N3O2/c13-6-3-7(10-4-6)9-11-8(12-14-9)5-1-2-5/h5-7,10,13H,1-4H2/t6-,7+/m0/s1. The largest absolute Gasteiger partial charge is 0.392 e. The van der Waals surface area contributed by atoms with Crippen LogP contribution >= 0.6 is 0 Å². The van der Waals surface area contributed by atoms with Gasteiger partial charge in [-0.05, 0) is 19.3 Å². The molecule has 1 saturated heterocycles. The average molecular weight is 195 g/mol. The van der Waals surface area contributed by atoms with Gasteiger partial charge in [0.15, 0.2) is 5.82 Å². The number of β-amino-alcohol motifs (C(OH)–C–C–N with tert-alkyl or cyclic N) is 1. The van der Waals surface area contributed by atoms with Gasteiger partial charge in [0, 0.05) is 12.5 Å². The Morgan fingerprint density at radius 1 is 1.43 bits per heavy atom. The molecule has 1 aromatic rings. The van der Waals surface area contributed by atoms with Crippen LogP contribution in [-0.2, 0) is 0 Å². The highest BCUT2D eigenvalue weighted by atomic mass is 16.5. The summed E-state index contributed by atoms with van der Waals surface area (Å²) in [7, 11) is 0. The predicted molar refractivity (Wildman–Crippen MR) is 47.6 cm³/mol. The van der Waals surface area contributed by atoms with E-state index >= 15 is 0 Å². The highest BCUT2D eigenvalue weighted by Gasteiger charge is 2.32. The molecule has 0 aromatic carbocycles. The van der Waals surface area contributed by atoms with Crippen molar-refractivity contribution < 1.29 is 9.63 Å². The van der Waals surface area contributed by atoms with Crippen LogP contribution in [0.3, 0.4) is 0 Å². The molecule has 1 aliphatic heterocycles. The van der Waals surface area contributed by atoms with E-state index in [0.29, 0.717) is 24.8 Å². The summed E-state index contributed by atoms with van der Waals surface area (Å²) in [5.74, 6) is 1.99. The van der Waals surface area contributed by atoms with Crippen LogP contribution in [0.15, 0.2) is 4.52 Å². The van der Waals surface area contributed by atoms with Gasteiger partial charge in [-0.25, -0.2) is 0 Å². The molecular formula is C9H13N3O2. The van der Waals surface area contributed by atoms with Crippen molar-refractivity contribution in [3.05, 3.63) is 11.7 Å². The lowest BCUT2D eigenvalue weighted by atomic mass is 10.2. The molecular weight excluding hydrogens is 182 g/mol. The minimum atomic E-state index is -0.281. The number of aliphatic hydroxyl groups excluding tert-OH is 1. The van der Waals surface area contributed by atoms with Crippen LogP contribution in [0.5, 0.6) is 0 Å². The minimum Gasteiger partial charge on any atom is -0.392 e. The summed E-state index contributed by atoms with van der Waals surface area (Å²) in [6.07, 6.45) is 2.75. The van der Waals surface area contributed by atoms with Gasteiger partial charge in [-0.3, -0.25) is 0 Å². The van der Waals surface area contributed by atoms with E-state index in [1.165, 1.54) is 12.8 Å². The molecule has 0 amide bonds. The predicted octanol–water partition coefficient (Wildman–Crippen LogP) is 0.342. The quantitative estimate of drug-likeness (QED) is 0.712. The number of aliphatic hydroxyl groups is 1. The summed E-state index contributed by atoms with van der Waals surface area (Å²) in [4.78, 5) is 4.34. The van der Waals surface area contributed by atoms with Gasteiger partial charge >= 0.3 is 0 Å². The van der Waals surface area contributed by atoms with Crippen molar-refractivity contribution in [3.63, 3.8) is 0 Å². The molecule has 2 N–H and O–H groups in total. The molecule has 0 spiro atoms. The van der Waals surface area contributed by atoms with Crippen LogP contribution in [0, 0.1) is 0 Å². The van der Waals surface area contributed by atoms with Crippen molar-refractivity contribution in [1.82, 2.24) is 15.5 Å². The van der Waals surface area contributed by atoms with Crippen LogP contribution in [0.2, 0.25) is 0 Å². The Hall–Kier alpha value is -0.940. The molecule has 0 bridgehead atoms. The van der Waals surface area contributed by atoms with Crippen LogP contribution in [0.1, 0.15) is 42.9 Å². The third-order valence-corrected chi connectivity index (χ3v) is 2.81. The third-order valence-electron chi connectivity index (χ3n) is 2.81. The highest BCUT2D eigenvalue weighted by molar-refractivity contribution is 5.06. The first-order valence-electron chi connectivity index (χ1n) is 5.08. The zero-order valence-electron chi connectivity index (χ0n) is 7.81. The fraction of sp³-hybridized carbons (Fsp3) is 0.778. The van der Waals surface area contributed by atoms with Gasteiger partial charge in [0.1, 0.15) is 0 Å². The van der Waals surface area contributed by atoms with Gasteiger partial charge in [0.05, 0.1) is 12.1 Å². The molecule has 0 radical (unpaired) electrons. The van der Waals surface area contributed by atoms with E-state index < -0.39 is 0 Å². The molecule has 1 saturated carbocycles. The topological polar surface area (TPSA) is 71.2 Å². The van der Waals surface area contributed by atoms with Crippen LogP contribution < -0.4 is 5.32 Å². The van der Waals surface area contributed by atoms with Gasteiger partial charge in [-0.2, -0.15) is 4.98 Å². The highest BCUT2D eigenvalue weighted by Crippen LogP contribution is 2.38. The minimum absolute atomic E-state index is 0.0463. The lowest BCUT2D eigenvalue weighted by Crippen LogP contribution is -2.15. The summed E-state index contributed by atoms with van der Waals surface area (Å²) in [6.45, 7) is 0.617. The van der Waals surface area contributed by atoms with Gasteiger partial charge in [-0.1, -0.05) is 5.16 Å². The second kappa shape index (κ2) is 3.03. The van der Waals surface area contributed by atoms with Gasteiger partial charge < -0.3 is 14.9 Å². The van der Waals surface area contributed by atoms with E-state index in [0.717, 1.165) is 5.82 Å². The summed E-state index contributed by atoms with van der Waals surface area (Å²) >= 11 is 0. The van der Waals surface area contributed by atoms with Crippen LogP contribution in [0.25, 0.3) is 0 Å². The third kappa shape index (κ3) is 1.42. The maximum Gasteiger partial charge on any atom is 0.243 e. The number of aromatic nitrogens is 2. The van der Waals surface area contributed by atoms with Crippen molar-refractivity contribution in [3.8, 4) is 0 Å². The fourth-order valence-corrected chi connectivity index (χ4v) is 1.80. The van der Waals surface area contributed by atoms with E-state index in [1.54, 1.807) is 0 Å². The van der Waals surface area contributed by atoms with E-state index in [4.69, 9.17) is 4.52 Å². The molecule has 2 heterocycles. The van der Waals surface area contributed by atoms with Gasteiger partial charge in [0.2, 0.25) is 5.89 Å². The molecule has 2 aliphatic rings. The van der Waals surface area contributed by atoms with E-state index in [1.807, 2.05) is 0 Å². The molecule has 2 atom stereocenters. The number of hydrogen-bond acceptors (Lipinski definition) is 5. The summed E-state index contributed by atoms with van der Waals surface area (Å²) in [5, 5.41) is 16.4. The Balaban J connectivity index is 1.75. The molecule has 5 heteroatoms. The lowest BCUT2D eigenvalue weighted by molar-refractivity contribution is 0.191. The Kier molecular flexibility index (Phi) is 1.81. The van der Waals surface area contributed by atoms with E-state index in [-0.39, 0.29) is 12.1 Å². The first-order valence-corrected chi connectivity index (χ1v) is 5.08. The Labute approximate surface area is 81.5 Å². The second-order valence-corrected chi connectivity index (χ2v) is 4.12. The molecule has 3 rings (SSSR count). The smallest absolute Gasteiger partial charge is 0.243 e. The van der Waals surface area contributed by atoms with Crippen molar-refractivity contribution in [1.29, 1.82) is 0 Å². The molecule has 1 aliphatic carbocycles. The van der Waals surface area contributed by atoms with Crippen LogP contribution in [0.4, 0.5) is 0 Å². The lowest BCUT2D eigenvalue weighted by Gasteiger charge is -2.01. The summed E-state index contributed by atoms with van der Waals surface area (Å²) in [6, 6.07) is 0.0463. The summed E-state index contributed by atoms with van der Waals surface area (Å²) in [5.41, 5.74) is 0. The molecule has 1 aromatic heterocycles. The van der Waals surface area contributed by atoms with Crippen molar-refractivity contribution in [2.45, 2.75) is 37.3 Å². The maximum absolute atomic E-state index is 9.34. The van der Waals surface area contributed by atoms with Crippen LogP contribution in [-0.4, -0.2) is 27.9 Å². The van der Waals surface area contributed by atoms with Gasteiger partial charge in [0.25, 0.3) is 0 Å². The normalized spacial score (nSPS) is 32.4. The molecule has 76 valence electrons. The molecule has 2 fully saturated rings. The molecule has 0 unspecified atom stereocenters. The monoisotopic (exact) mass is 195 g/mol. The zero-order chi connectivity index (χ0) is 9.54. The zero-order valence-corrected chi connectivity index (χ0v) is 7.81. The first-order chi connectivity index (χ1) is 6.83. The number of nitrogens with one attached hydrogen (secondary N) is 1. The first kappa shape index (κ1) is 8.38. The summed E-state index contributed by atoms with van der Waals surface area (Å²) < 4.78 is 5.16. The fourth-order valence-electron chi connectivity index (χ4n) is 1.80. The van der Waals surface area contributed by atoms with Crippen molar-refractivity contribution in [2.24, 2.45) is 0 Å². The van der Waals surface area contributed by atoms with Crippen molar-refractivity contribution >= 4 is 0 Å². The van der Waals surface area contributed by atoms with Crippen molar-refractivity contribution in [2.75, 3.05) is 6.54 Å². The SMILES string of the molecule is O[C@@H]1CN[C@@H](c2nc(C3CC3)no2)C1. The number of nitrogens with zero attached hydrogens (tertiary/aromatic N) is 2. The Morgan fingerprint density at radius 3 is 2.93 bits per heavy atom. The average Bonchev–Trinajstić information content (AvgIpc) is 2.76. The molecule has 5 nitrogen and oxygen atoms in total. The maximum atomic E-state index is 9.34. The van der Waals surface area contributed by atoms with Gasteiger partial charge in [-0.15, -0.1) is 0 Å².